The number of carbonyl (C=O) groups is 1. The fourth-order valence-corrected chi connectivity index (χ4v) is 5.32. The largest absolute Gasteiger partial charge is 0.342 e. The molecule has 3 aromatic carbocycles. The minimum atomic E-state index is 0.00822. The minimum absolute atomic E-state index is 0.00822. The van der Waals surface area contributed by atoms with Crippen LogP contribution in [0.2, 0.25) is 0 Å². The van der Waals surface area contributed by atoms with Crippen LogP contribution in [0, 0.1) is 13.8 Å². The normalized spacial score (nSPS) is 16.3. The first-order valence-corrected chi connectivity index (χ1v) is 12.3. The van der Waals surface area contributed by atoms with Crippen LogP contribution in [0.15, 0.2) is 88.9 Å². The molecule has 0 N–H and O–H groups in total. The Kier molecular flexibility index (Phi) is 6.12. The summed E-state index contributed by atoms with van der Waals surface area (Å²) in [5.74, 6) is 0.00822. The molecule has 0 spiro atoms. The molecular weight excluding hydrogens is 438 g/mol. The number of hydrogen-bond donors (Lipinski definition) is 0. The van der Waals surface area contributed by atoms with Crippen LogP contribution in [0.1, 0.15) is 29.2 Å². The third kappa shape index (κ3) is 4.44. The van der Waals surface area contributed by atoms with Gasteiger partial charge in [-0.3, -0.25) is 9.69 Å². The molecule has 34 heavy (non-hydrogen) atoms. The number of para-hydroxylation sites is 1. The second-order valence-electron chi connectivity index (χ2n) is 8.61. The molecular formula is C29H27N3OS. The Morgan fingerprint density at radius 3 is 2.50 bits per heavy atom. The van der Waals surface area contributed by atoms with Gasteiger partial charge in [-0.05, 0) is 62.4 Å². The van der Waals surface area contributed by atoms with Crippen molar-refractivity contribution in [1.82, 2.24) is 9.47 Å². The van der Waals surface area contributed by atoms with E-state index < -0.39 is 0 Å². The van der Waals surface area contributed by atoms with Crippen LogP contribution in [0.5, 0.6) is 0 Å². The standard InChI is InChI=1S/C29H27N3OS/c1-4-32-28(33)27(34-29(32)30-24-14-12-20(2)13-15-24)17-23-19-31(26-11-6-5-10-25(23)26)18-22-9-7-8-21(3)16-22/h5-17,19H,4,18H2,1-3H3/b27-17+,30-29?. The fraction of sp³-hybridized carbons (Fsp3) is 0.172. The predicted octanol–water partition coefficient (Wildman–Crippen LogP) is 6.93. The summed E-state index contributed by atoms with van der Waals surface area (Å²) in [6.45, 7) is 7.53. The summed E-state index contributed by atoms with van der Waals surface area (Å²) >= 11 is 1.45. The van der Waals surface area contributed by atoms with Crippen molar-refractivity contribution in [3.05, 3.63) is 106 Å². The third-order valence-corrected chi connectivity index (χ3v) is 7.01. The van der Waals surface area contributed by atoms with E-state index in [1.54, 1.807) is 4.90 Å². The molecule has 2 heterocycles. The monoisotopic (exact) mass is 465 g/mol. The van der Waals surface area contributed by atoms with Gasteiger partial charge in [0.05, 0.1) is 10.6 Å². The Hall–Kier alpha value is -3.57. The van der Waals surface area contributed by atoms with Gasteiger partial charge in [-0.15, -0.1) is 0 Å². The van der Waals surface area contributed by atoms with Gasteiger partial charge in [0.15, 0.2) is 5.17 Å². The number of likely N-dealkylation sites (N-methyl/N-ethyl adjacent to an activating group) is 1. The molecule has 1 amide bonds. The number of nitrogens with zero attached hydrogens (tertiary/aromatic N) is 3. The Morgan fingerprint density at radius 2 is 1.74 bits per heavy atom. The molecule has 4 aromatic rings. The van der Waals surface area contributed by atoms with Crippen molar-refractivity contribution in [2.45, 2.75) is 27.3 Å². The Balaban J connectivity index is 1.51. The van der Waals surface area contributed by atoms with Gasteiger partial charge in [-0.1, -0.05) is 65.7 Å². The number of thioether (sulfide) groups is 1. The second-order valence-corrected chi connectivity index (χ2v) is 9.62. The molecule has 4 nitrogen and oxygen atoms in total. The average Bonchev–Trinajstić information content (AvgIpc) is 3.32. The van der Waals surface area contributed by atoms with E-state index in [4.69, 9.17) is 4.99 Å². The number of rotatable bonds is 5. The van der Waals surface area contributed by atoms with Crippen molar-refractivity contribution in [1.29, 1.82) is 0 Å². The van der Waals surface area contributed by atoms with Crippen LogP contribution < -0.4 is 0 Å². The summed E-state index contributed by atoms with van der Waals surface area (Å²) in [4.78, 5) is 20.4. The van der Waals surface area contributed by atoms with Gasteiger partial charge in [0, 0.05) is 35.8 Å². The Labute approximate surface area is 204 Å². The van der Waals surface area contributed by atoms with Crippen LogP contribution in [-0.2, 0) is 11.3 Å². The Bertz CT molecular complexity index is 1430. The van der Waals surface area contributed by atoms with Crippen LogP contribution in [0.4, 0.5) is 5.69 Å². The van der Waals surface area contributed by atoms with Gasteiger partial charge in [-0.25, -0.2) is 4.99 Å². The number of aliphatic imine (C=N–C) groups is 1. The number of benzene rings is 3. The van der Waals surface area contributed by atoms with Crippen molar-refractivity contribution in [3.8, 4) is 0 Å². The third-order valence-electron chi connectivity index (χ3n) is 6.00. The molecule has 0 aliphatic carbocycles. The lowest BCUT2D eigenvalue weighted by Gasteiger charge is -2.11. The first-order valence-electron chi connectivity index (χ1n) is 11.5. The number of carbonyl (C=O) groups excluding carboxylic acids is 1. The van der Waals surface area contributed by atoms with E-state index in [1.807, 2.05) is 43.3 Å². The minimum Gasteiger partial charge on any atom is -0.342 e. The van der Waals surface area contributed by atoms with Crippen molar-refractivity contribution in [3.63, 3.8) is 0 Å². The molecule has 0 saturated carbocycles. The first kappa shape index (κ1) is 22.2. The van der Waals surface area contributed by atoms with E-state index in [9.17, 15) is 4.79 Å². The van der Waals surface area contributed by atoms with Crippen molar-refractivity contribution < 1.29 is 4.79 Å². The summed E-state index contributed by atoms with van der Waals surface area (Å²) in [6.07, 6.45) is 4.17. The zero-order valence-electron chi connectivity index (χ0n) is 19.7. The van der Waals surface area contributed by atoms with Gasteiger partial charge in [0.1, 0.15) is 0 Å². The molecule has 1 saturated heterocycles. The number of hydrogen-bond acceptors (Lipinski definition) is 3. The van der Waals surface area contributed by atoms with Gasteiger partial charge in [-0.2, -0.15) is 0 Å². The highest BCUT2D eigenvalue weighted by Gasteiger charge is 2.32. The smallest absolute Gasteiger partial charge is 0.266 e. The summed E-state index contributed by atoms with van der Waals surface area (Å²) in [6, 6.07) is 25.0. The molecule has 1 aliphatic rings. The van der Waals surface area contributed by atoms with Crippen molar-refractivity contribution in [2.75, 3.05) is 6.54 Å². The molecule has 0 atom stereocenters. The highest BCUT2D eigenvalue weighted by molar-refractivity contribution is 8.18. The summed E-state index contributed by atoms with van der Waals surface area (Å²) in [5.41, 5.74) is 6.77. The predicted molar refractivity (Wildman–Crippen MR) is 143 cm³/mol. The van der Waals surface area contributed by atoms with Crippen LogP contribution in [-0.4, -0.2) is 27.1 Å². The topological polar surface area (TPSA) is 37.6 Å². The molecule has 1 aliphatic heterocycles. The van der Waals surface area contributed by atoms with Crippen LogP contribution in [0.3, 0.4) is 0 Å². The van der Waals surface area contributed by atoms with Crippen molar-refractivity contribution in [2.24, 2.45) is 4.99 Å². The molecule has 5 heteroatoms. The Morgan fingerprint density at radius 1 is 0.941 bits per heavy atom. The quantitative estimate of drug-likeness (QED) is 0.300. The van der Waals surface area contributed by atoms with E-state index in [-0.39, 0.29) is 5.91 Å². The van der Waals surface area contributed by atoms with E-state index in [0.717, 1.165) is 33.9 Å². The molecule has 0 radical (unpaired) electrons. The molecule has 1 fully saturated rings. The molecule has 1 aromatic heterocycles. The molecule has 170 valence electrons. The van der Waals surface area contributed by atoms with E-state index >= 15 is 0 Å². The average molecular weight is 466 g/mol. The molecule has 0 unspecified atom stereocenters. The maximum Gasteiger partial charge on any atom is 0.266 e. The molecule has 0 bridgehead atoms. The number of aromatic nitrogens is 1. The van der Waals surface area contributed by atoms with E-state index in [2.05, 4.69) is 67.1 Å². The van der Waals surface area contributed by atoms with Gasteiger partial charge >= 0.3 is 0 Å². The van der Waals surface area contributed by atoms with Crippen molar-refractivity contribution >= 4 is 45.5 Å². The van der Waals surface area contributed by atoms with Gasteiger partial charge in [0.25, 0.3) is 5.91 Å². The van der Waals surface area contributed by atoms with E-state index in [0.29, 0.717) is 11.4 Å². The molecule has 5 rings (SSSR count). The van der Waals surface area contributed by atoms with Crippen LogP contribution in [0.25, 0.3) is 17.0 Å². The number of amides is 1. The summed E-state index contributed by atoms with van der Waals surface area (Å²) < 4.78 is 2.26. The summed E-state index contributed by atoms with van der Waals surface area (Å²) in [7, 11) is 0. The highest BCUT2D eigenvalue weighted by Crippen LogP contribution is 2.35. The fourth-order valence-electron chi connectivity index (χ4n) is 4.27. The lowest BCUT2D eigenvalue weighted by molar-refractivity contribution is -0.122. The highest BCUT2D eigenvalue weighted by atomic mass is 32.2. The maximum absolute atomic E-state index is 13.2. The number of aryl methyl sites for hydroxylation is 2. The SMILES string of the molecule is CCN1C(=O)/C(=C\c2cn(Cc3cccc(C)c3)c3ccccc23)SC1=Nc1ccc(C)cc1. The first-order chi connectivity index (χ1) is 16.5. The lowest BCUT2D eigenvalue weighted by Crippen LogP contribution is -2.28. The lowest BCUT2D eigenvalue weighted by atomic mass is 10.1. The zero-order valence-corrected chi connectivity index (χ0v) is 20.5. The van der Waals surface area contributed by atoms with E-state index in [1.165, 1.54) is 28.5 Å². The summed E-state index contributed by atoms with van der Waals surface area (Å²) in [5, 5.41) is 1.87. The van der Waals surface area contributed by atoms with Crippen LogP contribution >= 0.6 is 11.8 Å². The zero-order chi connectivity index (χ0) is 23.7. The number of amidine groups is 1. The number of fused-ring (bicyclic) bond motifs is 1. The van der Waals surface area contributed by atoms with Gasteiger partial charge in [0.2, 0.25) is 0 Å². The second kappa shape index (κ2) is 9.35. The van der Waals surface area contributed by atoms with Gasteiger partial charge < -0.3 is 4.57 Å². The maximum atomic E-state index is 13.2.